The fourth-order valence-electron chi connectivity index (χ4n) is 9.82. The van der Waals surface area contributed by atoms with Crippen LogP contribution >= 0.6 is 11.3 Å². The third-order valence-electron chi connectivity index (χ3n) is 14.0. The van der Waals surface area contributed by atoms with E-state index in [9.17, 15) is 24.0 Å². The number of thiazole rings is 1. The van der Waals surface area contributed by atoms with Gasteiger partial charge in [-0.2, -0.15) is 0 Å². The number of likely N-dealkylation sites (tertiary alicyclic amines) is 1. The van der Waals surface area contributed by atoms with Crippen LogP contribution in [0.1, 0.15) is 117 Å². The molecule has 1 aliphatic heterocycles. The third kappa shape index (κ3) is 16.3. The lowest BCUT2D eigenvalue weighted by Gasteiger charge is -2.41. The highest BCUT2D eigenvalue weighted by Gasteiger charge is 2.43. The minimum absolute atomic E-state index is 0.0158. The second-order valence-corrected chi connectivity index (χ2v) is 22.0. The maximum absolute atomic E-state index is 14.7. The number of aromatic nitrogens is 1. The fraction of sp³-hybridized carbons (Fsp3) is 0.636. The van der Waals surface area contributed by atoms with E-state index < -0.39 is 47.9 Å². The van der Waals surface area contributed by atoms with Crippen molar-refractivity contribution in [3.8, 4) is 0 Å². The highest BCUT2D eigenvalue weighted by molar-refractivity contribution is 7.09. The van der Waals surface area contributed by atoms with Gasteiger partial charge in [0.1, 0.15) is 16.7 Å². The molecule has 15 nitrogen and oxygen atoms in total. The molecule has 0 radical (unpaired) electrons. The van der Waals surface area contributed by atoms with Crippen LogP contribution in [-0.4, -0.2) is 140 Å². The van der Waals surface area contributed by atoms with Crippen molar-refractivity contribution in [2.45, 2.75) is 156 Å². The zero-order valence-electron chi connectivity index (χ0n) is 45.3. The molecule has 2 N–H and O–H groups in total. The largest absolute Gasteiger partial charge is 0.443 e. The van der Waals surface area contributed by atoms with Crippen molar-refractivity contribution in [1.82, 2.24) is 30.3 Å². The number of ether oxygens (including phenoxy) is 3. The van der Waals surface area contributed by atoms with Gasteiger partial charge in [0.2, 0.25) is 23.6 Å². The number of nitrogens with zero attached hydrogens (tertiary/aromatic N) is 5. The SMILES string of the molecule is CC[C@H](C)[C@@H]([C@@H](CC(=O)N1CCC[C@H]1[C@H](OC)[C@@H](C)C(=O)N[C@@H](Cc1ccccc1)c1nccs1)OC)N(C)C(=O)[C@@H](NC(=O)[C@H](C(C)C)N(C)CCc1ccc(N(C)C(=O)OC(C)(C)C)cc1)C(C)C. The van der Waals surface area contributed by atoms with E-state index in [1.165, 1.54) is 16.2 Å². The van der Waals surface area contributed by atoms with Gasteiger partial charge in [0.15, 0.2) is 0 Å². The normalized spacial score (nSPS) is 17.5. The molecule has 5 amide bonds. The Hall–Kier alpha value is -4.90. The molecule has 0 unspecified atom stereocenters. The standard InChI is InChI=1S/C55H85N7O8S/c1-16-37(6)48(44(68-14)34-45(63)62-30-20-23-43(62)49(69-15)38(7)50(64)57-42(52-56-29-32-71-52)33-40-21-18-17-19-22-40)61(13)53(66)46(35(2)3)58-51(65)47(36(4)5)59(11)31-28-39-24-26-41(27-25-39)60(12)54(67)70-55(8,9)10/h17-19,21-22,24-27,29,32,35-38,42-44,46-49H,16,20,23,28,30-31,33-34H2,1-15H3,(H,57,64)(H,58,65)/t37-,38+,42-,43-,44+,46-,47-,48-,49+/m0/s1. The number of nitrogens with one attached hydrogen (secondary N) is 2. The number of methoxy groups -OCH3 is 2. The van der Waals surface area contributed by atoms with Crippen LogP contribution in [0.5, 0.6) is 0 Å². The van der Waals surface area contributed by atoms with Gasteiger partial charge in [-0.15, -0.1) is 11.3 Å². The Morgan fingerprint density at radius 1 is 0.859 bits per heavy atom. The molecule has 71 heavy (non-hydrogen) atoms. The topological polar surface area (TPSA) is 163 Å². The summed E-state index contributed by atoms with van der Waals surface area (Å²) in [4.78, 5) is 81.8. The van der Waals surface area contributed by atoms with Crippen molar-refractivity contribution in [1.29, 1.82) is 0 Å². The molecule has 1 saturated heterocycles. The molecule has 394 valence electrons. The van der Waals surface area contributed by atoms with Gasteiger partial charge in [-0.3, -0.25) is 29.0 Å². The lowest BCUT2D eigenvalue weighted by Crippen LogP contribution is -2.60. The van der Waals surface area contributed by atoms with E-state index in [1.807, 2.05) is 132 Å². The summed E-state index contributed by atoms with van der Waals surface area (Å²) in [5.74, 6) is -1.74. The second kappa shape index (κ2) is 27.2. The highest BCUT2D eigenvalue weighted by atomic mass is 32.1. The molecule has 0 saturated carbocycles. The number of hydrogen-bond donors (Lipinski definition) is 2. The van der Waals surface area contributed by atoms with E-state index in [4.69, 9.17) is 14.2 Å². The van der Waals surface area contributed by atoms with E-state index >= 15 is 0 Å². The summed E-state index contributed by atoms with van der Waals surface area (Å²) >= 11 is 1.50. The van der Waals surface area contributed by atoms with Gasteiger partial charge in [-0.05, 0) is 94.5 Å². The Bertz CT molecular complexity index is 2130. The average molecular weight is 1000 g/mol. The van der Waals surface area contributed by atoms with Crippen molar-refractivity contribution in [3.05, 3.63) is 82.3 Å². The minimum atomic E-state index is -0.836. The number of likely N-dealkylation sites (N-methyl/N-ethyl adjacent to an activating group) is 2. The fourth-order valence-corrected chi connectivity index (χ4v) is 10.5. The van der Waals surface area contributed by atoms with Crippen LogP contribution in [0.2, 0.25) is 0 Å². The number of hydrogen-bond acceptors (Lipinski definition) is 11. The second-order valence-electron chi connectivity index (χ2n) is 21.1. The number of benzene rings is 2. The lowest BCUT2D eigenvalue weighted by atomic mass is 9.89. The Balaban J connectivity index is 1.44. The number of rotatable bonds is 25. The molecule has 1 aromatic heterocycles. The van der Waals surface area contributed by atoms with Crippen molar-refractivity contribution >= 4 is 46.7 Å². The molecule has 1 fully saturated rings. The molecule has 3 aromatic rings. The van der Waals surface area contributed by atoms with Crippen molar-refractivity contribution in [2.75, 3.05) is 53.4 Å². The zero-order valence-corrected chi connectivity index (χ0v) is 46.1. The first-order chi connectivity index (χ1) is 33.5. The van der Waals surface area contributed by atoms with Crippen molar-refractivity contribution < 1.29 is 38.2 Å². The number of amides is 5. The summed E-state index contributed by atoms with van der Waals surface area (Å²) < 4.78 is 17.7. The van der Waals surface area contributed by atoms with Crippen LogP contribution in [0.15, 0.2) is 66.2 Å². The maximum atomic E-state index is 14.7. The Morgan fingerprint density at radius 3 is 2.07 bits per heavy atom. The van der Waals surface area contributed by atoms with Crippen molar-refractivity contribution in [3.63, 3.8) is 0 Å². The van der Waals surface area contributed by atoms with Crippen LogP contribution in [0, 0.1) is 23.7 Å². The summed E-state index contributed by atoms with van der Waals surface area (Å²) in [5.41, 5.74) is 2.24. The average Bonchev–Trinajstić information content (AvgIpc) is 4.05. The van der Waals surface area contributed by atoms with E-state index in [0.29, 0.717) is 38.0 Å². The molecule has 16 heteroatoms. The van der Waals surface area contributed by atoms with Gasteiger partial charge in [-0.1, -0.05) is 97.4 Å². The summed E-state index contributed by atoms with van der Waals surface area (Å²) in [6, 6.07) is 15.2. The Kier molecular flexibility index (Phi) is 22.5. The Morgan fingerprint density at radius 2 is 1.52 bits per heavy atom. The predicted octanol–water partition coefficient (Wildman–Crippen LogP) is 8.17. The van der Waals surface area contributed by atoms with Crippen LogP contribution in [0.25, 0.3) is 0 Å². The summed E-state index contributed by atoms with van der Waals surface area (Å²) in [7, 11) is 8.52. The van der Waals surface area contributed by atoms with Gasteiger partial charge in [0, 0.05) is 58.7 Å². The lowest BCUT2D eigenvalue weighted by molar-refractivity contribution is -0.148. The van der Waals surface area contributed by atoms with Crippen LogP contribution in [0.4, 0.5) is 10.5 Å². The molecular weight excluding hydrogens is 919 g/mol. The van der Waals surface area contributed by atoms with Crippen LogP contribution in [0.3, 0.4) is 0 Å². The summed E-state index contributed by atoms with van der Waals surface area (Å²) in [6.45, 7) is 20.4. The maximum Gasteiger partial charge on any atom is 0.414 e. The quantitative estimate of drug-likeness (QED) is 0.0847. The van der Waals surface area contributed by atoms with Gasteiger partial charge >= 0.3 is 6.09 Å². The summed E-state index contributed by atoms with van der Waals surface area (Å²) in [5, 5.41) is 9.11. The van der Waals surface area contributed by atoms with Crippen molar-refractivity contribution in [2.24, 2.45) is 23.7 Å². The van der Waals surface area contributed by atoms with Gasteiger partial charge in [0.25, 0.3) is 0 Å². The van der Waals surface area contributed by atoms with Gasteiger partial charge < -0.3 is 34.6 Å². The third-order valence-corrected chi connectivity index (χ3v) is 14.8. The molecule has 1 aliphatic rings. The smallest absolute Gasteiger partial charge is 0.414 e. The molecule has 0 aliphatic carbocycles. The first-order valence-corrected chi connectivity index (χ1v) is 26.3. The molecular formula is C55H85N7O8S. The monoisotopic (exact) mass is 1000 g/mol. The minimum Gasteiger partial charge on any atom is -0.443 e. The first kappa shape index (κ1) is 58.7. The molecule has 0 bridgehead atoms. The predicted molar refractivity (Wildman–Crippen MR) is 282 cm³/mol. The number of anilines is 1. The van der Waals surface area contributed by atoms with E-state index in [1.54, 1.807) is 39.4 Å². The van der Waals surface area contributed by atoms with Gasteiger partial charge in [0.05, 0.1) is 48.7 Å². The van der Waals surface area contributed by atoms with Crippen LogP contribution < -0.4 is 15.5 Å². The molecule has 9 atom stereocenters. The number of carbonyl (C=O) groups is 5. The van der Waals surface area contributed by atoms with E-state index in [-0.39, 0.29) is 59.9 Å². The highest BCUT2D eigenvalue weighted by Crippen LogP contribution is 2.31. The Labute approximate surface area is 428 Å². The van der Waals surface area contributed by atoms with Crippen LogP contribution in [-0.2, 0) is 46.2 Å². The molecule has 4 rings (SSSR count). The molecule has 2 heterocycles. The van der Waals surface area contributed by atoms with Gasteiger partial charge in [-0.25, -0.2) is 9.78 Å². The van der Waals surface area contributed by atoms with E-state index in [0.717, 1.165) is 29.0 Å². The van der Waals surface area contributed by atoms with E-state index in [2.05, 4.69) is 29.5 Å². The first-order valence-electron chi connectivity index (χ1n) is 25.4. The zero-order chi connectivity index (χ0) is 52.7. The summed E-state index contributed by atoms with van der Waals surface area (Å²) in [6.07, 6.45) is 3.50. The number of carbonyl (C=O) groups excluding carboxylic acids is 5. The molecule has 0 spiro atoms. The molecule has 2 aromatic carbocycles.